The molecule has 3 rings (SSSR count). The summed E-state index contributed by atoms with van der Waals surface area (Å²) in [4.78, 5) is 1.44. The van der Waals surface area contributed by atoms with Gasteiger partial charge in [-0.25, -0.2) is 4.39 Å². The maximum Gasteiger partial charge on any atom is 0.125 e. The van der Waals surface area contributed by atoms with Crippen molar-refractivity contribution >= 4 is 11.0 Å². The van der Waals surface area contributed by atoms with E-state index in [4.69, 9.17) is 0 Å². The minimum atomic E-state index is -0.293. The molecule has 0 saturated heterocycles. The minimum Gasteiger partial charge on any atom is -0.207 e. The molecule has 1 heterocycles. The molecule has 1 aromatic heterocycles. The van der Waals surface area contributed by atoms with Gasteiger partial charge >= 0.3 is 0 Å². The number of rotatable bonds is 1. The summed E-state index contributed by atoms with van der Waals surface area (Å²) < 4.78 is 13.0. The van der Waals surface area contributed by atoms with Crippen LogP contribution in [0.4, 0.5) is 4.39 Å². The second-order valence-electron chi connectivity index (χ2n) is 3.46. The van der Waals surface area contributed by atoms with E-state index in [1.54, 1.807) is 12.1 Å². The number of hydrogen-bond acceptors (Lipinski definition) is 2. The lowest BCUT2D eigenvalue weighted by atomic mass is 10.3. The van der Waals surface area contributed by atoms with Gasteiger partial charge in [0.05, 0.1) is 5.69 Å². The highest BCUT2D eigenvalue weighted by molar-refractivity contribution is 5.73. The Kier molecular flexibility index (Phi) is 1.93. The molecule has 16 heavy (non-hydrogen) atoms. The average Bonchev–Trinajstić information content (AvgIpc) is 2.72. The van der Waals surface area contributed by atoms with Crippen molar-refractivity contribution in [1.29, 1.82) is 0 Å². The predicted molar refractivity (Wildman–Crippen MR) is 58.8 cm³/mol. The van der Waals surface area contributed by atoms with Crippen LogP contribution in [0.15, 0.2) is 48.5 Å². The number of halogens is 1. The summed E-state index contributed by atoms with van der Waals surface area (Å²) in [6, 6.07) is 13.7. The summed E-state index contributed by atoms with van der Waals surface area (Å²) in [5.41, 5.74) is 2.22. The maximum atomic E-state index is 13.0. The van der Waals surface area contributed by atoms with Gasteiger partial charge in [-0.05, 0) is 24.3 Å². The molecule has 0 fully saturated rings. The minimum absolute atomic E-state index is 0.293. The van der Waals surface area contributed by atoms with Crippen LogP contribution in [0.2, 0.25) is 0 Å². The maximum absolute atomic E-state index is 13.0. The Morgan fingerprint density at radius 1 is 0.875 bits per heavy atom. The lowest BCUT2D eigenvalue weighted by Crippen LogP contribution is -1.98. The fourth-order valence-corrected chi connectivity index (χ4v) is 1.58. The SMILES string of the molecule is Fc1cccc(-n2nc3ccccc3n2)c1. The molecule has 0 spiro atoms. The summed E-state index contributed by atoms with van der Waals surface area (Å²) in [6.45, 7) is 0. The van der Waals surface area contributed by atoms with E-state index in [-0.39, 0.29) is 5.82 Å². The number of fused-ring (bicyclic) bond motifs is 1. The first-order valence-corrected chi connectivity index (χ1v) is 4.91. The van der Waals surface area contributed by atoms with Crippen LogP contribution in [0, 0.1) is 5.82 Å². The molecule has 0 unspecified atom stereocenters. The molecular weight excluding hydrogens is 205 g/mol. The van der Waals surface area contributed by atoms with Crippen LogP contribution in [0.3, 0.4) is 0 Å². The van der Waals surface area contributed by atoms with E-state index >= 15 is 0 Å². The van der Waals surface area contributed by atoms with Crippen molar-refractivity contribution < 1.29 is 4.39 Å². The Bertz CT molecular complexity index is 612. The van der Waals surface area contributed by atoms with Gasteiger partial charge in [0.15, 0.2) is 0 Å². The summed E-state index contributed by atoms with van der Waals surface area (Å²) in [5, 5.41) is 8.53. The van der Waals surface area contributed by atoms with Crippen molar-refractivity contribution in [2.45, 2.75) is 0 Å². The van der Waals surface area contributed by atoms with Crippen LogP contribution in [-0.2, 0) is 0 Å². The molecule has 0 bridgehead atoms. The van der Waals surface area contributed by atoms with Gasteiger partial charge in [0.2, 0.25) is 0 Å². The molecule has 0 aliphatic rings. The monoisotopic (exact) mass is 213 g/mol. The number of benzene rings is 2. The molecule has 0 radical (unpaired) electrons. The Hall–Kier alpha value is -2.23. The smallest absolute Gasteiger partial charge is 0.125 e. The van der Waals surface area contributed by atoms with E-state index in [0.717, 1.165) is 11.0 Å². The van der Waals surface area contributed by atoms with Gasteiger partial charge in [-0.1, -0.05) is 18.2 Å². The van der Waals surface area contributed by atoms with E-state index in [1.165, 1.54) is 16.9 Å². The molecule has 0 aliphatic carbocycles. The van der Waals surface area contributed by atoms with Gasteiger partial charge < -0.3 is 0 Å². The highest BCUT2D eigenvalue weighted by Gasteiger charge is 2.03. The first kappa shape index (κ1) is 9.03. The van der Waals surface area contributed by atoms with Crippen LogP contribution >= 0.6 is 0 Å². The Morgan fingerprint density at radius 2 is 1.56 bits per heavy atom. The van der Waals surface area contributed by atoms with Crippen molar-refractivity contribution in [2.75, 3.05) is 0 Å². The van der Waals surface area contributed by atoms with Gasteiger partial charge in [-0.15, -0.1) is 10.2 Å². The van der Waals surface area contributed by atoms with Crippen molar-refractivity contribution in [3.05, 3.63) is 54.3 Å². The summed E-state index contributed by atoms with van der Waals surface area (Å²) in [5.74, 6) is -0.293. The molecule has 0 aliphatic heterocycles. The Morgan fingerprint density at radius 3 is 2.19 bits per heavy atom. The second-order valence-corrected chi connectivity index (χ2v) is 3.46. The van der Waals surface area contributed by atoms with Crippen LogP contribution in [-0.4, -0.2) is 15.0 Å². The van der Waals surface area contributed by atoms with Crippen molar-refractivity contribution in [2.24, 2.45) is 0 Å². The Labute approximate surface area is 91.1 Å². The van der Waals surface area contributed by atoms with E-state index in [2.05, 4.69) is 10.2 Å². The number of hydrogen-bond donors (Lipinski definition) is 0. The van der Waals surface area contributed by atoms with E-state index in [0.29, 0.717) is 5.69 Å². The molecule has 4 heteroatoms. The zero-order valence-corrected chi connectivity index (χ0v) is 8.34. The molecule has 3 nitrogen and oxygen atoms in total. The first-order valence-electron chi connectivity index (χ1n) is 4.91. The molecule has 0 N–H and O–H groups in total. The summed E-state index contributed by atoms with van der Waals surface area (Å²) >= 11 is 0. The summed E-state index contributed by atoms with van der Waals surface area (Å²) in [7, 11) is 0. The summed E-state index contributed by atoms with van der Waals surface area (Å²) in [6.07, 6.45) is 0. The number of nitrogens with zero attached hydrogens (tertiary/aromatic N) is 3. The van der Waals surface area contributed by atoms with E-state index < -0.39 is 0 Å². The van der Waals surface area contributed by atoms with E-state index in [1.807, 2.05) is 24.3 Å². The van der Waals surface area contributed by atoms with Gasteiger partial charge in [0, 0.05) is 6.07 Å². The van der Waals surface area contributed by atoms with Crippen LogP contribution in [0.25, 0.3) is 16.7 Å². The van der Waals surface area contributed by atoms with Gasteiger partial charge in [-0.3, -0.25) is 0 Å². The van der Waals surface area contributed by atoms with Crippen molar-refractivity contribution in [1.82, 2.24) is 15.0 Å². The molecule has 0 saturated carbocycles. The standard InChI is InChI=1S/C12H8FN3/c13-9-4-3-5-10(8-9)16-14-11-6-1-2-7-12(11)15-16/h1-8H. The quantitative estimate of drug-likeness (QED) is 0.622. The van der Waals surface area contributed by atoms with Crippen LogP contribution in [0.5, 0.6) is 0 Å². The van der Waals surface area contributed by atoms with Crippen molar-refractivity contribution in [3.8, 4) is 5.69 Å². The Balaban J connectivity index is 2.19. The largest absolute Gasteiger partial charge is 0.207 e. The third-order valence-electron chi connectivity index (χ3n) is 2.33. The fraction of sp³-hybridized carbons (Fsp3) is 0. The van der Waals surface area contributed by atoms with Crippen LogP contribution < -0.4 is 0 Å². The highest BCUT2D eigenvalue weighted by Crippen LogP contribution is 2.12. The number of aromatic nitrogens is 3. The molecule has 0 atom stereocenters. The second kappa shape index (κ2) is 3.41. The third-order valence-corrected chi connectivity index (χ3v) is 2.33. The van der Waals surface area contributed by atoms with E-state index in [9.17, 15) is 4.39 Å². The zero-order chi connectivity index (χ0) is 11.0. The van der Waals surface area contributed by atoms with Gasteiger partial charge in [-0.2, -0.15) is 4.80 Å². The molecule has 0 amide bonds. The van der Waals surface area contributed by atoms with Gasteiger partial charge in [0.25, 0.3) is 0 Å². The van der Waals surface area contributed by atoms with Crippen molar-refractivity contribution in [3.63, 3.8) is 0 Å². The third kappa shape index (κ3) is 1.44. The molecular formula is C12H8FN3. The fourth-order valence-electron chi connectivity index (χ4n) is 1.58. The topological polar surface area (TPSA) is 30.7 Å². The first-order chi connectivity index (χ1) is 7.83. The molecule has 3 aromatic rings. The normalized spacial score (nSPS) is 10.8. The average molecular weight is 213 g/mol. The lowest BCUT2D eigenvalue weighted by molar-refractivity contribution is 0.623. The molecule has 2 aromatic carbocycles. The molecule has 78 valence electrons. The zero-order valence-electron chi connectivity index (χ0n) is 8.34. The van der Waals surface area contributed by atoms with Gasteiger partial charge in [0.1, 0.15) is 16.9 Å². The predicted octanol–water partition coefficient (Wildman–Crippen LogP) is 2.56. The lowest BCUT2D eigenvalue weighted by Gasteiger charge is -1.97. The van der Waals surface area contributed by atoms with Crippen LogP contribution in [0.1, 0.15) is 0 Å². The highest BCUT2D eigenvalue weighted by atomic mass is 19.1.